The average Bonchev–Trinajstić information content (AvgIpc) is 2.27. The van der Waals surface area contributed by atoms with E-state index in [-0.39, 0.29) is 6.54 Å². The highest BCUT2D eigenvalue weighted by Gasteiger charge is 2.21. The molecule has 0 bridgehead atoms. The summed E-state index contributed by atoms with van der Waals surface area (Å²) in [5.74, 6) is -0.446. The van der Waals surface area contributed by atoms with E-state index in [2.05, 4.69) is 31.9 Å². The quantitative estimate of drug-likeness (QED) is 0.673. The molecule has 18 heavy (non-hydrogen) atoms. The van der Waals surface area contributed by atoms with Crippen LogP contribution in [0.1, 0.15) is 10.4 Å². The molecule has 7 heteroatoms. The molecule has 0 aliphatic heterocycles. The summed E-state index contributed by atoms with van der Waals surface area (Å²) in [5, 5.41) is 0.913. The number of amides is 1. The van der Waals surface area contributed by atoms with Gasteiger partial charge in [-0.05, 0) is 34.1 Å². The van der Waals surface area contributed by atoms with E-state index in [1.54, 1.807) is 12.1 Å². The molecule has 100 valence electrons. The Kier molecular flexibility index (Phi) is 6.52. The van der Waals surface area contributed by atoms with E-state index < -0.39 is 18.9 Å². The van der Waals surface area contributed by atoms with E-state index in [1.807, 2.05) is 0 Å². The molecule has 0 radical (unpaired) electrons. The standard InChI is InChI=1S/C11H10Br2ClF2NO/c12-3-4-17(6-10(15)16)11(18)8-2-1-7(14)5-9(8)13/h1-2,5,10H,3-4,6H2. The fourth-order valence-corrected chi connectivity index (χ4v) is 2.66. The summed E-state index contributed by atoms with van der Waals surface area (Å²) in [6.07, 6.45) is -2.56. The molecule has 0 N–H and O–H groups in total. The number of carbonyl (C=O) groups excluding carboxylic acids is 1. The summed E-state index contributed by atoms with van der Waals surface area (Å²) >= 11 is 12.1. The summed E-state index contributed by atoms with van der Waals surface area (Å²) in [4.78, 5) is 13.2. The molecule has 1 amide bonds. The van der Waals surface area contributed by atoms with Crippen LogP contribution in [0.15, 0.2) is 22.7 Å². The maximum Gasteiger partial charge on any atom is 0.255 e. The molecule has 0 fully saturated rings. The zero-order chi connectivity index (χ0) is 13.7. The summed E-state index contributed by atoms with van der Waals surface area (Å²) in [6, 6.07) is 4.62. The summed E-state index contributed by atoms with van der Waals surface area (Å²) in [6.45, 7) is -0.363. The first-order valence-electron chi connectivity index (χ1n) is 5.04. The van der Waals surface area contributed by atoms with Crippen molar-refractivity contribution in [2.24, 2.45) is 0 Å². The van der Waals surface area contributed by atoms with Crippen molar-refractivity contribution < 1.29 is 13.6 Å². The number of alkyl halides is 3. The van der Waals surface area contributed by atoms with E-state index in [0.29, 0.717) is 20.4 Å². The minimum Gasteiger partial charge on any atom is -0.332 e. The fourth-order valence-electron chi connectivity index (χ4n) is 1.38. The molecule has 0 saturated carbocycles. The second-order valence-corrected chi connectivity index (χ2v) is 5.54. The predicted molar refractivity (Wildman–Crippen MR) is 74.9 cm³/mol. The van der Waals surface area contributed by atoms with Crippen LogP contribution in [0.5, 0.6) is 0 Å². The van der Waals surface area contributed by atoms with E-state index in [1.165, 1.54) is 6.07 Å². The van der Waals surface area contributed by atoms with Crippen molar-refractivity contribution in [3.05, 3.63) is 33.3 Å². The van der Waals surface area contributed by atoms with Gasteiger partial charge in [0.15, 0.2) is 0 Å². The summed E-state index contributed by atoms with van der Waals surface area (Å²) in [7, 11) is 0. The molecule has 0 heterocycles. The highest BCUT2D eigenvalue weighted by atomic mass is 79.9. The Morgan fingerprint density at radius 1 is 1.44 bits per heavy atom. The predicted octanol–water partition coefficient (Wildman–Crippen LogP) is 4.20. The van der Waals surface area contributed by atoms with E-state index in [4.69, 9.17) is 11.6 Å². The molecule has 0 saturated heterocycles. The maximum absolute atomic E-state index is 12.4. The van der Waals surface area contributed by atoms with Crippen LogP contribution in [0.3, 0.4) is 0 Å². The zero-order valence-corrected chi connectivity index (χ0v) is 13.1. The van der Waals surface area contributed by atoms with E-state index in [0.717, 1.165) is 4.90 Å². The maximum atomic E-state index is 12.4. The molecule has 0 aromatic heterocycles. The Balaban J connectivity index is 2.94. The first-order valence-corrected chi connectivity index (χ1v) is 7.33. The number of benzene rings is 1. The molecule has 0 aliphatic carbocycles. The third-order valence-electron chi connectivity index (χ3n) is 2.16. The Labute approximate surface area is 126 Å². The Morgan fingerprint density at radius 2 is 2.11 bits per heavy atom. The Morgan fingerprint density at radius 3 is 2.61 bits per heavy atom. The lowest BCUT2D eigenvalue weighted by molar-refractivity contribution is 0.0571. The van der Waals surface area contributed by atoms with Crippen LogP contribution in [0.25, 0.3) is 0 Å². The van der Waals surface area contributed by atoms with Crippen LogP contribution in [0, 0.1) is 0 Å². The van der Waals surface area contributed by atoms with Crippen molar-refractivity contribution >= 4 is 49.4 Å². The van der Waals surface area contributed by atoms with Gasteiger partial charge >= 0.3 is 0 Å². The number of nitrogens with zero attached hydrogens (tertiary/aromatic N) is 1. The first kappa shape index (κ1) is 15.9. The van der Waals surface area contributed by atoms with E-state index in [9.17, 15) is 13.6 Å². The van der Waals surface area contributed by atoms with Crippen molar-refractivity contribution in [3.63, 3.8) is 0 Å². The van der Waals surface area contributed by atoms with Crippen molar-refractivity contribution in [3.8, 4) is 0 Å². The molecule has 1 aromatic carbocycles. The lowest BCUT2D eigenvalue weighted by atomic mass is 10.2. The first-order chi connectivity index (χ1) is 8.45. The van der Waals surface area contributed by atoms with Gasteiger partial charge in [-0.1, -0.05) is 27.5 Å². The monoisotopic (exact) mass is 403 g/mol. The second kappa shape index (κ2) is 7.40. The zero-order valence-electron chi connectivity index (χ0n) is 9.18. The lowest BCUT2D eigenvalue weighted by Crippen LogP contribution is -2.36. The van der Waals surface area contributed by atoms with Gasteiger partial charge in [-0.25, -0.2) is 8.78 Å². The summed E-state index contributed by atoms with van der Waals surface area (Å²) < 4.78 is 25.3. The van der Waals surface area contributed by atoms with Crippen LogP contribution in [0.2, 0.25) is 5.02 Å². The summed E-state index contributed by atoms with van der Waals surface area (Å²) in [5.41, 5.74) is 0.320. The van der Waals surface area contributed by atoms with Crippen molar-refractivity contribution in [2.45, 2.75) is 6.43 Å². The van der Waals surface area contributed by atoms with Crippen LogP contribution in [-0.2, 0) is 0 Å². The highest BCUT2D eigenvalue weighted by molar-refractivity contribution is 9.10. The van der Waals surface area contributed by atoms with Gasteiger partial charge in [-0.2, -0.15) is 0 Å². The molecular weight excluding hydrogens is 395 g/mol. The third kappa shape index (κ3) is 4.48. The number of rotatable bonds is 5. The second-order valence-electron chi connectivity index (χ2n) is 3.46. The van der Waals surface area contributed by atoms with Crippen molar-refractivity contribution in [2.75, 3.05) is 18.4 Å². The van der Waals surface area contributed by atoms with Crippen LogP contribution in [0.4, 0.5) is 8.78 Å². The molecule has 0 spiro atoms. The van der Waals surface area contributed by atoms with Crippen molar-refractivity contribution in [1.82, 2.24) is 4.90 Å². The van der Waals surface area contributed by atoms with Gasteiger partial charge in [-0.3, -0.25) is 4.79 Å². The van der Waals surface area contributed by atoms with Crippen LogP contribution in [-0.4, -0.2) is 35.7 Å². The minimum absolute atomic E-state index is 0.220. The van der Waals surface area contributed by atoms with Crippen molar-refractivity contribution in [1.29, 1.82) is 0 Å². The lowest BCUT2D eigenvalue weighted by Gasteiger charge is -2.22. The molecular formula is C11H10Br2ClF2NO. The number of hydrogen-bond donors (Lipinski definition) is 0. The average molecular weight is 405 g/mol. The molecule has 0 aliphatic rings. The number of carbonyl (C=O) groups is 1. The Hall–Kier alpha value is -0.200. The van der Waals surface area contributed by atoms with E-state index >= 15 is 0 Å². The van der Waals surface area contributed by atoms with Crippen LogP contribution >= 0.6 is 43.5 Å². The number of halogens is 5. The minimum atomic E-state index is -2.56. The van der Waals surface area contributed by atoms with Crippen LogP contribution < -0.4 is 0 Å². The smallest absolute Gasteiger partial charge is 0.255 e. The molecule has 1 aromatic rings. The molecule has 0 unspecified atom stereocenters. The number of hydrogen-bond acceptors (Lipinski definition) is 1. The molecule has 1 rings (SSSR count). The van der Waals surface area contributed by atoms with Gasteiger partial charge in [0, 0.05) is 21.4 Å². The Bertz CT molecular complexity index is 432. The normalized spacial score (nSPS) is 10.8. The van der Waals surface area contributed by atoms with Gasteiger partial charge in [0.05, 0.1) is 12.1 Å². The van der Waals surface area contributed by atoms with Gasteiger partial charge in [-0.15, -0.1) is 0 Å². The molecule has 2 nitrogen and oxygen atoms in total. The third-order valence-corrected chi connectivity index (χ3v) is 3.41. The largest absolute Gasteiger partial charge is 0.332 e. The topological polar surface area (TPSA) is 20.3 Å². The van der Waals surface area contributed by atoms with Gasteiger partial charge < -0.3 is 4.90 Å². The van der Waals surface area contributed by atoms with Gasteiger partial charge in [0.1, 0.15) is 0 Å². The fraction of sp³-hybridized carbons (Fsp3) is 0.364. The highest BCUT2D eigenvalue weighted by Crippen LogP contribution is 2.23. The molecule has 0 atom stereocenters. The SMILES string of the molecule is O=C(c1ccc(Cl)cc1Br)N(CCBr)CC(F)F. The van der Waals surface area contributed by atoms with Gasteiger partial charge in [0.2, 0.25) is 0 Å². The van der Waals surface area contributed by atoms with Gasteiger partial charge in [0.25, 0.3) is 12.3 Å².